The molecule has 0 aromatic heterocycles. The van der Waals surface area contributed by atoms with Gasteiger partial charge in [0.1, 0.15) is 0 Å². The van der Waals surface area contributed by atoms with Crippen molar-refractivity contribution < 1.29 is 23.5 Å². The van der Waals surface area contributed by atoms with Crippen molar-refractivity contribution in [1.29, 1.82) is 0 Å². The number of nitrogens with one attached hydrogen (secondary N) is 2. The Kier molecular flexibility index (Phi) is 5.01. The van der Waals surface area contributed by atoms with Crippen molar-refractivity contribution in [1.82, 2.24) is 10.6 Å². The summed E-state index contributed by atoms with van der Waals surface area (Å²) in [5.74, 6) is -2.98. The number of carbonyl (C=O) groups excluding carboxylic acids is 1. The van der Waals surface area contributed by atoms with E-state index in [9.17, 15) is 18.4 Å². The number of carboxylic acid groups (broad SMARTS) is 1. The number of rotatable bonds is 5. The maximum absolute atomic E-state index is 13.2. The number of halogens is 2. The van der Waals surface area contributed by atoms with E-state index in [4.69, 9.17) is 5.11 Å². The predicted molar refractivity (Wildman–Crippen MR) is 68.2 cm³/mol. The van der Waals surface area contributed by atoms with Gasteiger partial charge in [0, 0.05) is 6.54 Å². The Morgan fingerprint density at radius 2 is 1.90 bits per heavy atom. The van der Waals surface area contributed by atoms with Crippen LogP contribution in [-0.4, -0.2) is 23.7 Å². The third-order valence-corrected chi connectivity index (χ3v) is 2.69. The van der Waals surface area contributed by atoms with E-state index in [2.05, 4.69) is 10.6 Å². The molecular weight excluding hydrogens is 270 g/mol. The second-order valence-electron chi connectivity index (χ2n) is 4.78. The van der Waals surface area contributed by atoms with Crippen LogP contribution < -0.4 is 10.6 Å². The number of hydrogen-bond acceptors (Lipinski definition) is 2. The first-order valence-electron chi connectivity index (χ1n) is 5.95. The fourth-order valence-corrected chi connectivity index (χ4v) is 1.57. The van der Waals surface area contributed by atoms with Crippen molar-refractivity contribution >= 4 is 12.0 Å². The van der Waals surface area contributed by atoms with E-state index in [0.717, 1.165) is 12.1 Å². The lowest BCUT2D eigenvalue weighted by Gasteiger charge is -2.27. The van der Waals surface area contributed by atoms with Gasteiger partial charge in [0.05, 0.1) is 12.0 Å². The van der Waals surface area contributed by atoms with Gasteiger partial charge in [-0.15, -0.1) is 0 Å². The first-order valence-corrected chi connectivity index (χ1v) is 5.95. The molecule has 0 aliphatic carbocycles. The normalized spacial score (nSPS) is 11.0. The number of aliphatic carboxylic acids is 1. The van der Waals surface area contributed by atoms with Crippen LogP contribution in [0.15, 0.2) is 18.2 Å². The van der Waals surface area contributed by atoms with Gasteiger partial charge in [0.2, 0.25) is 0 Å². The van der Waals surface area contributed by atoms with E-state index in [1.165, 1.54) is 6.07 Å². The van der Waals surface area contributed by atoms with Gasteiger partial charge in [-0.3, -0.25) is 4.79 Å². The second-order valence-corrected chi connectivity index (χ2v) is 4.78. The maximum Gasteiger partial charge on any atom is 0.315 e. The zero-order valence-corrected chi connectivity index (χ0v) is 11.2. The van der Waals surface area contributed by atoms with Crippen molar-refractivity contribution in [2.24, 2.45) is 0 Å². The summed E-state index contributed by atoms with van der Waals surface area (Å²) >= 11 is 0. The summed E-state index contributed by atoms with van der Waals surface area (Å²) in [6.45, 7) is 3.22. The van der Waals surface area contributed by atoms with E-state index in [0.29, 0.717) is 5.56 Å². The largest absolute Gasteiger partial charge is 0.481 e. The molecule has 0 heterocycles. The Morgan fingerprint density at radius 1 is 1.25 bits per heavy atom. The Bertz CT molecular complexity index is 518. The van der Waals surface area contributed by atoms with Gasteiger partial charge < -0.3 is 15.7 Å². The molecule has 0 fully saturated rings. The summed E-state index contributed by atoms with van der Waals surface area (Å²) in [4.78, 5) is 21.9. The Balaban J connectivity index is 2.66. The molecule has 3 N–H and O–H groups in total. The van der Waals surface area contributed by atoms with Gasteiger partial charge in [0.25, 0.3) is 0 Å². The van der Waals surface area contributed by atoms with E-state index in [1.807, 2.05) is 0 Å². The molecule has 2 amide bonds. The molecule has 0 spiro atoms. The quantitative estimate of drug-likeness (QED) is 0.774. The number of hydrogen-bond donors (Lipinski definition) is 3. The number of urea groups is 1. The molecule has 0 saturated heterocycles. The molecule has 0 aliphatic rings. The highest BCUT2D eigenvalue weighted by atomic mass is 19.2. The minimum Gasteiger partial charge on any atom is -0.481 e. The van der Waals surface area contributed by atoms with E-state index >= 15 is 0 Å². The van der Waals surface area contributed by atoms with Crippen molar-refractivity contribution in [2.45, 2.75) is 25.8 Å². The molecule has 0 aliphatic heterocycles. The third kappa shape index (κ3) is 4.49. The molecule has 1 rings (SSSR count). The van der Waals surface area contributed by atoms with Gasteiger partial charge in [0.15, 0.2) is 11.6 Å². The summed E-state index contributed by atoms with van der Waals surface area (Å²) in [5.41, 5.74) is -0.535. The standard InChI is InChI=1S/C13H16F2N2O3/c1-13(2,8-3-4-9(14)10(15)7-8)17-12(20)16-6-5-11(18)19/h3-4,7H,5-6H2,1-2H3,(H,18,19)(H2,16,17,20). The van der Waals surface area contributed by atoms with Crippen LogP contribution in [0, 0.1) is 11.6 Å². The Morgan fingerprint density at radius 3 is 2.45 bits per heavy atom. The summed E-state index contributed by atoms with van der Waals surface area (Å²) in [6.07, 6.45) is -0.195. The van der Waals surface area contributed by atoms with E-state index in [1.54, 1.807) is 13.8 Å². The predicted octanol–water partition coefficient (Wildman–Crippen LogP) is 1.97. The zero-order valence-electron chi connectivity index (χ0n) is 11.2. The Hall–Kier alpha value is -2.18. The number of carboxylic acids is 1. The lowest BCUT2D eigenvalue weighted by atomic mass is 9.94. The minimum atomic E-state index is -1.02. The van der Waals surface area contributed by atoms with E-state index < -0.39 is 29.2 Å². The van der Waals surface area contributed by atoms with Crippen LogP contribution in [0.25, 0.3) is 0 Å². The average molecular weight is 286 g/mol. The maximum atomic E-state index is 13.2. The molecule has 20 heavy (non-hydrogen) atoms. The fourth-order valence-electron chi connectivity index (χ4n) is 1.57. The van der Waals surface area contributed by atoms with Crippen LogP contribution >= 0.6 is 0 Å². The summed E-state index contributed by atoms with van der Waals surface area (Å²) < 4.78 is 26.0. The molecule has 0 radical (unpaired) electrons. The van der Waals surface area contributed by atoms with Crippen LogP contribution in [-0.2, 0) is 10.3 Å². The van der Waals surface area contributed by atoms with Crippen molar-refractivity contribution in [3.8, 4) is 0 Å². The topological polar surface area (TPSA) is 78.4 Å². The molecule has 0 atom stereocenters. The molecule has 5 nitrogen and oxygen atoms in total. The van der Waals surface area contributed by atoms with Gasteiger partial charge in [-0.25, -0.2) is 13.6 Å². The molecule has 1 aromatic carbocycles. The van der Waals surface area contributed by atoms with Gasteiger partial charge in [-0.2, -0.15) is 0 Å². The van der Waals surface area contributed by atoms with Crippen molar-refractivity contribution in [2.75, 3.05) is 6.54 Å². The lowest BCUT2D eigenvalue weighted by molar-refractivity contribution is -0.136. The Labute approximate surface area is 115 Å². The van der Waals surface area contributed by atoms with Crippen molar-refractivity contribution in [3.63, 3.8) is 0 Å². The third-order valence-electron chi connectivity index (χ3n) is 2.69. The molecular formula is C13H16F2N2O3. The van der Waals surface area contributed by atoms with Crippen LogP contribution in [0.1, 0.15) is 25.8 Å². The first-order chi connectivity index (χ1) is 9.22. The molecule has 0 saturated carbocycles. The zero-order chi connectivity index (χ0) is 15.3. The highest BCUT2D eigenvalue weighted by Gasteiger charge is 2.24. The fraction of sp³-hybridized carbons (Fsp3) is 0.385. The molecule has 0 bridgehead atoms. The van der Waals surface area contributed by atoms with Gasteiger partial charge in [-0.1, -0.05) is 6.07 Å². The highest BCUT2D eigenvalue weighted by molar-refractivity contribution is 5.76. The smallest absolute Gasteiger partial charge is 0.315 e. The highest BCUT2D eigenvalue weighted by Crippen LogP contribution is 2.21. The molecule has 0 unspecified atom stereocenters. The average Bonchev–Trinajstić information content (AvgIpc) is 2.31. The van der Waals surface area contributed by atoms with Crippen LogP contribution in [0.4, 0.5) is 13.6 Å². The number of benzene rings is 1. The summed E-state index contributed by atoms with van der Waals surface area (Å²) in [6, 6.07) is 2.78. The molecule has 110 valence electrons. The summed E-state index contributed by atoms with van der Waals surface area (Å²) in [5, 5.41) is 13.4. The monoisotopic (exact) mass is 286 g/mol. The number of carbonyl (C=O) groups is 2. The van der Waals surface area contributed by atoms with Crippen LogP contribution in [0.2, 0.25) is 0 Å². The first kappa shape index (κ1) is 15.9. The SMILES string of the molecule is CC(C)(NC(=O)NCCC(=O)O)c1ccc(F)c(F)c1. The van der Waals surface area contributed by atoms with E-state index in [-0.39, 0.29) is 13.0 Å². The second kappa shape index (κ2) is 6.31. The molecule has 1 aromatic rings. The molecule has 7 heteroatoms. The van der Waals surface area contributed by atoms with Crippen LogP contribution in [0.5, 0.6) is 0 Å². The minimum absolute atomic E-state index is 0.0188. The lowest BCUT2D eigenvalue weighted by Crippen LogP contribution is -2.46. The summed E-state index contributed by atoms with van der Waals surface area (Å²) in [7, 11) is 0. The van der Waals surface area contributed by atoms with Crippen molar-refractivity contribution in [3.05, 3.63) is 35.4 Å². The van der Waals surface area contributed by atoms with Gasteiger partial charge in [-0.05, 0) is 31.5 Å². The van der Waals surface area contributed by atoms with Crippen LogP contribution in [0.3, 0.4) is 0 Å². The van der Waals surface area contributed by atoms with Gasteiger partial charge >= 0.3 is 12.0 Å². The number of amides is 2.